The van der Waals surface area contributed by atoms with Gasteiger partial charge in [-0.1, -0.05) is 43.1 Å². The van der Waals surface area contributed by atoms with E-state index in [9.17, 15) is 0 Å². The van der Waals surface area contributed by atoms with Crippen molar-refractivity contribution in [1.29, 1.82) is 0 Å². The summed E-state index contributed by atoms with van der Waals surface area (Å²) in [4.78, 5) is 0. The van der Waals surface area contributed by atoms with Crippen LogP contribution in [0.1, 0.15) is 19.4 Å². The highest BCUT2D eigenvalue weighted by molar-refractivity contribution is 7.81. The molecule has 0 amide bonds. The Hall–Kier alpha value is 0.150. The van der Waals surface area contributed by atoms with Crippen LogP contribution in [0.25, 0.3) is 0 Å². The average molecular weight is 235 g/mol. The Morgan fingerprint density at radius 3 is 2.38 bits per heavy atom. The van der Waals surface area contributed by atoms with Gasteiger partial charge in [-0.05, 0) is 24.1 Å². The molecule has 0 heterocycles. The summed E-state index contributed by atoms with van der Waals surface area (Å²) in [5.41, 5.74) is 1.09. The zero-order valence-corrected chi connectivity index (χ0v) is 10.0. The largest absolute Gasteiger partial charge is 0.173 e. The normalized spacial score (nSPS) is 11.8. The summed E-state index contributed by atoms with van der Waals surface area (Å²) >= 11 is 16.2. The van der Waals surface area contributed by atoms with E-state index in [1.807, 2.05) is 12.1 Å². The van der Waals surface area contributed by atoms with Gasteiger partial charge in [-0.15, -0.1) is 0 Å². The van der Waals surface area contributed by atoms with Crippen LogP contribution in [0.3, 0.4) is 0 Å². The van der Waals surface area contributed by atoms with Crippen molar-refractivity contribution in [1.82, 2.24) is 0 Å². The summed E-state index contributed by atoms with van der Waals surface area (Å²) in [5.74, 6) is 0. The summed E-state index contributed by atoms with van der Waals surface area (Å²) in [6.07, 6.45) is 0.839. The maximum atomic E-state index is 6.02. The van der Waals surface area contributed by atoms with Gasteiger partial charge in [0, 0.05) is 14.8 Å². The molecule has 1 aromatic rings. The maximum Gasteiger partial charge on any atom is 0.0453 e. The molecule has 0 N–H and O–H groups in total. The zero-order chi connectivity index (χ0) is 10.1. The van der Waals surface area contributed by atoms with Crippen LogP contribution in [0.15, 0.2) is 18.2 Å². The number of halogens is 2. The minimum Gasteiger partial charge on any atom is -0.173 e. The number of hydrogen-bond acceptors (Lipinski definition) is 1. The molecule has 0 saturated carbocycles. The van der Waals surface area contributed by atoms with Crippen LogP contribution >= 0.6 is 35.8 Å². The standard InChI is InChI=1S/C10H12Cl2S/c1-10(2,13)6-7-3-4-8(11)5-9(7)12/h3-5,13H,6H2,1-2H3. The molecule has 0 aliphatic carbocycles. The third-order valence-corrected chi connectivity index (χ3v) is 2.38. The Kier molecular flexibility index (Phi) is 3.56. The smallest absolute Gasteiger partial charge is 0.0453 e. The fourth-order valence-electron chi connectivity index (χ4n) is 1.13. The second-order valence-corrected chi connectivity index (χ2v) is 5.78. The highest BCUT2D eigenvalue weighted by atomic mass is 35.5. The van der Waals surface area contributed by atoms with Gasteiger partial charge in [0.15, 0.2) is 0 Å². The van der Waals surface area contributed by atoms with Gasteiger partial charge in [-0.2, -0.15) is 12.6 Å². The molecule has 0 aliphatic rings. The van der Waals surface area contributed by atoms with E-state index in [0.29, 0.717) is 5.02 Å². The minimum atomic E-state index is -0.0442. The molecule has 1 aromatic carbocycles. The number of hydrogen-bond donors (Lipinski definition) is 1. The third-order valence-electron chi connectivity index (χ3n) is 1.64. The van der Waals surface area contributed by atoms with E-state index in [2.05, 4.69) is 26.5 Å². The molecule has 0 atom stereocenters. The number of rotatable bonds is 2. The van der Waals surface area contributed by atoms with Gasteiger partial charge in [0.05, 0.1) is 0 Å². The van der Waals surface area contributed by atoms with Crippen molar-refractivity contribution >= 4 is 35.8 Å². The molecule has 13 heavy (non-hydrogen) atoms. The van der Waals surface area contributed by atoms with Gasteiger partial charge < -0.3 is 0 Å². The van der Waals surface area contributed by atoms with E-state index < -0.39 is 0 Å². The predicted octanol–water partition coefficient (Wildman–Crippen LogP) is 4.24. The third kappa shape index (κ3) is 3.80. The molecule has 0 unspecified atom stereocenters. The van der Waals surface area contributed by atoms with Gasteiger partial charge in [-0.25, -0.2) is 0 Å². The first-order chi connectivity index (χ1) is 5.88. The van der Waals surface area contributed by atoms with Crippen molar-refractivity contribution in [3.63, 3.8) is 0 Å². The molecule has 0 fully saturated rings. The fourth-order valence-corrected chi connectivity index (χ4v) is 1.78. The van der Waals surface area contributed by atoms with Gasteiger partial charge >= 0.3 is 0 Å². The Morgan fingerprint density at radius 1 is 1.31 bits per heavy atom. The summed E-state index contributed by atoms with van der Waals surface area (Å²) in [5, 5.41) is 1.39. The highest BCUT2D eigenvalue weighted by Crippen LogP contribution is 2.26. The second-order valence-electron chi connectivity index (χ2n) is 3.72. The summed E-state index contributed by atoms with van der Waals surface area (Å²) < 4.78 is -0.0442. The monoisotopic (exact) mass is 234 g/mol. The SMILES string of the molecule is CC(C)(S)Cc1ccc(Cl)cc1Cl. The van der Waals surface area contributed by atoms with Crippen LogP contribution in [-0.2, 0) is 6.42 Å². The fraction of sp³-hybridized carbons (Fsp3) is 0.400. The molecule has 0 saturated heterocycles. The quantitative estimate of drug-likeness (QED) is 0.728. The molecular weight excluding hydrogens is 223 g/mol. The van der Waals surface area contributed by atoms with Crippen molar-refractivity contribution in [3.8, 4) is 0 Å². The van der Waals surface area contributed by atoms with Crippen LogP contribution in [-0.4, -0.2) is 4.75 Å². The van der Waals surface area contributed by atoms with Gasteiger partial charge in [-0.3, -0.25) is 0 Å². The Bertz CT molecular complexity index is 302. The Balaban J connectivity index is 2.90. The van der Waals surface area contributed by atoms with E-state index in [-0.39, 0.29) is 4.75 Å². The van der Waals surface area contributed by atoms with Crippen LogP contribution in [0.4, 0.5) is 0 Å². The van der Waals surface area contributed by atoms with Crippen molar-refractivity contribution in [2.24, 2.45) is 0 Å². The lowest BCUT2D eigenvalue weighted by atomic mass is 10.0. The molecule has 0 spiro atoms. The molecule has 0 bridgehead atoms. The molecule has 1 rings (SSSR count). The van der Waals surface area contributed by atoms with Crippen LogP contribution in [0.2, 0.25) is 10.0 Å². The van der Waals surface area contributed by atoms with Gasteiger partial charge in [0.25, 0.3) is 0 Å². The van der Waals surface area contributed by atoms with E-state index in [1.54, 1.807) is 6.07 Å². The van der Waals surface area contributed by atoms with Crippen molar-refractivity contribution in [2.45, 2.75) is 25.0 Å². The Morgan fingerprint density at radius 2 is 1.92 bits per heavy atom. The van der Waals surface area contributed by atoms with E-state index >= 15 is 0 Å². The summed E-state index contributed by atoms with van der Waals surface area (Å²) in [6.45, 7) is 4.11. The lowest BCUT2D eigenvalue weighted by Crippen LogP contribution is -2.14. The Labute approximate surface area is 94.7 Å². The topological polar surface area (TPSA) is 0 Å². The lowest BCUT2D eigenvalue weighted by Gasteiger charge is -2.17. The molecule has 0 aliphatic heterocycles. The van der Waals surface area contributed by atoms with E-state index in [0.717, 1.165) is 17.0 Å². The molecule has 0 radical (unpaired) electrons. The van der Waals surface area contributed by atoms with Crippen molar-refractivity contribution < 1.29 is 0 Å². The second kappa shape index (κ2) is 4.12. The first-order valence-corrected chi connectivity index (χ1v) is 5.25. The lowest BCUT2D eigenvalue weighted by molar-refractivity contribution is 0.715. The van der Waals surface area contributed by atoms with E-state index in [1.165, 1.54) is 0 Å². The van der Waals surface area contributed by atoms with Gasteiger partial charge in [0.1, 0.15) is 0 Å². The van der Waals surface area contributed by atoms with Crippen molar-refractivity contribution in [3.05, 3.63) is 33.8 Å². The zero-order valence-electron chi connectivity index (χ0n) is 7.64. The minimum absolute atomic E-state index is 0.0442. The molecule has 72 valence electrons. The summed E-state index contributed by atoms with van der Waals surface area (Å²) in [7, 11) is 0. The molecular formula is C10H12Cl2S. The van der Waals surface area contributed by atoms with Crippen molar-refractivity contribution in [2.75, 3.05) is 0 Å². The number of benzene rings is 1. The molecule has 0 nitrogen and oxygen atoms in total. The van der Waals surface area contributed by atoms with E-state index in [4.69, 9.17) is 23.2 Å². The van der Waals surface area contributed by atoms with Crippen LogP contribution in [0.5, 0.6) is 0 Å². The number of thiol groups is 1. The summed E-state index contributed by atoms with van der Waals surface area (Å²) in [6, 6.07) is 5.56. The predicted molar refractivity (Wildman–Crippen MR) is 63.2 cm³/mol. The van der Waals surface area contributed by atoms with Crippen LogP contribution < -0.4 is 0 Å². The molecule has 0 aromatic heterocycles. The highest BCUT2D eigenvalue weighted by Gasteiger charge is 2.14. The van der Waals surface area contributed by atoms with Crippen LogP contribution in [0, 0.1) is 0 Å². The average Bonchev–Trinajstić information content (AvgIpc) is 1.93. The van der Waals surface area contributed by atoms with Gasteiger partial charge in [0.2, 0.25) is 0 Å². The molecule has 3 heteroatoms. The first-order valence-electron chi connectivity index (χ1n) is 4.05. The maximum absolute atomic E-state index is 6.02. The first kappa shape index (κ1) is 11.2.